The second kappa shape index (κ2) is 10.4. The van der Waals surface area contributed by atoms with Gasteiger partial charge in [0.1, 0.15) is 0 Å². The van der Waals surface area contributed by atoms with Crippen molar-refractivity contribution in [2.24, 2.45) is 0 Å². The van der Waals surface area contributed by atoms with Crippen LogP contribution >= 0.6 is 0 Å². The summed E-state index contributed by atoms with van der Waals surface area (Å²) in [5.41, 5.74) is 10.8. The van der Waals surface area contributed by atoms with Gasteiger partial charge in [0.05, 0.1) is 0 Å². The van der Waals surface area contributed by atoms with E-state index in [0.29, 0.717) is 0 Å². The van der Waals surface area contributed by atoms with Gasteiger partial charge >= 0.3 is 0 Å². The quantitative estimate of drug-likeness (QED) is 0.279. The Labute approximate surface area is 197 Å². The first-order chi connectivity index (χ1) is 16.3. The van der Waals surface area contributed by atoms with E-state index in [0.717, 1.165) is 18.7 Å². The number of hydrogen-bond donors (Lipinski definition) is 1. The molecule has 4 aromatic rings. The summed E-state index contributed by atoms with van der Waals surface area (Å²) in [7, 11) is 0. The van der Waals surface area contributed by atoms with E-state index in [1.54, 1.807) is 0 Å². The highest BCUT2D eigenvalue weighted by Gasteiger charge is 2.16. The maximum Gasteiger partial charge on any atom is 0.0491 e. The van der Waals surface area contributed by atoms with Gasteiger partial charge in [-0.15, -0.1) is 0 Å². The van der Waals surface area contributed by atoms with Gasteiger partial charge in [0, 0.05) is 60.2 Å². The van der Waals surface area contributed by atoms with Gasteiger partial charge in [-0.05, 0) is 68.6 Å². The molecule has 0 aliphatic carbocycles. The van der Waals surface area contributed by atoms with E-state index in [4.69, 9.17) is 5.73 Å². The van der Waals surface area contributed by atoms with Crippen molar-refractivity contribution in [3.63, 3.8) is 0 Å². The Hall–Kier alpha value is -2.82. The summed E-state index contributed by atoms with van der Waals surface area (Å²) < 4.78 is 2.52. The van der Waals surface area contributed by atoms with Gasteiger partial charge in [-0.1, -0.05) is 48.5 Å². The standard InChI is InChI=1S/C29H36N4/c30-25-15-13-24(14-16-25)8-7-18-32-22-20-31(21-23-32)17-5-6-19-33-28-11-3-1-9-26(28)27-10-2-4-12-29(27)33/h1-4,9-16H,5-8,17-23,30H2. The molecule has 2 heterocycles. The molecule has 4 nitrogen and oxygen atoms in total. The number of rotatable bonds is 9. The van der Waals surface area contributed by atoms with Crippen LogP contribution in [0.15, 0.2) is 72.8 Å². The third-order valence-electron chi connectivity index (χ3n) is 7.17. The Kier molecular flexibility index (Phi) is 6.94. The van der Waals surface area contributed by atoms with Crippen LogP contribution in [-0.4, -0.2) is 53.6 Å². The number of nitrogen functional groups attached to an aromatic ring is 1. The van der Waals surface area contributed by atoms with Crippen LogP contribution in [0.2, 0.25) is 0 Å². The van der Waals surface area contributed by atoms with E-state index in [-0.39, 0.29) is 0 Å². The van der Waals surface area contributed by atoms with Crippen LogP contribution < -0.4 is 5.73 Å². The average Bonchev–Trinajstić information content (AvgIpc) is 3.18. The van der Waals surface area contributed by atoms with E-state index >= 15 is 0 Å². The highest BCUT2D eigenvalue weighted by atomic mass is 15.3. The normalized spacial score (nSPS) is 15.5. The summed E-state index contributed by atoms with van der Waals surface area (Å²) in [5, 5.41) is 2.75. The van der Waals surface area contributed by atoms with Crippen LogP contribution in [-0.2, 0) is 13.0 Å². The summed E-state index contributed by atoms with van der Waals surface area (Å²) >= 11 is 0. The van der Waals surface area contributed by atoms with Crippen molar-refractivity contribution in [3.05, 3.63) is 78.4 Å². The number of nitrogens with zero attached hydrogens (tertiary/aromatic N) is 3. The number of fused-ring (bicyclic) bond motifs is 3. The maximum atomic E-state index is 5.78. The lowest BCUT2D eigenvalue weighted by atomic mass is 10.1. The average molecular weight is 441 g/mol. The Morgan fingerprint density at radius 1 is 0.576 bits per heavy atom. The fraction of sp³-hybridized carbons (Fsp3) is 0.379. The van der Waals surface area contributed by atoms with Crippen LogP contribution in [0.25, 0.3) is 21.8 Å². The monoisotopic (exact) mass is 440 g/mol. The van der Waals surface area contributed by atoms with Gasteiger partial charge in [-0.3, -0.25) is 0 Å². The molecule has 4 heteroatoms. The zero-order valence-corrected chi connectivity index (χ0v) is 19.6. The summed E-state index contributed by atoms with van der Waals surface area (Å²) in [5.74, 6) is 0. The number of hydrogen-bond acceptors (Lipinski definition) is 3. The molecule has 1 fully saturated rings. The van der Waals surface area contributed by atoms with Crippen LogP contribution in [0.4, 0.5) is 5.69 Å². The van der Waals surface area contributed by atoms with Gasteiger partial charge in [-0.2, -0.15) is 0 Å². The van der Waals surface area contributed by atoms with E-state index in [2.05, 4.69) is 75.0 Å². The Balaban J connectivity index is 1.04. The molecule has 0 amide bonds. The van der Waals surface area contributed by atoms with Crippen molar-refractivity contribution in [3.8, 4) is 0 Å². The lowest BCUT2D eigenvalue weighted by molar-refractivity contribution is 0.129. The molecular weight excluding hydrogens is 404 g/mol. The SMILES string of the molecule is Nc1ccc(CCCN2CCN(CCCCn3c4ccccc4c4ccccc43)CC2)cc1. The van der Waals surface area contributed by atoms with Crippen LogP contribution in [0.3, 0.4) is 0 Å². The molecule has 0 spiro atoms. The molecule has 1 aliphatic heterocycles. The van der Waals surface area contributed by atoms with Crippen molar-refractivity contribution in [1.82, 2.24) is 14.4 Å². The number of anilines is 1. The number of nitrogens with two attached hydrogens (primary N) is 1. The lowest BCUT2D eigenvalue weighted by Crippen LogP contribution is -2.46. The molecule has 1 saturated heterocycles. The van der Waals surface area contributed by atoms with Gasteiger partial charge in [0.15, 0.2) is 0 Å². The molecule has 0 radical (unpaired) electrons. The van der Waals surface area contributed by atoms with Crippen molar-refractivity contribution in [2.45, 2.75) is 32.2 Å². The third kappa shape index (κ3) is 5.23. The van der Waals surface area contributed by atoms with Crippen LogP contribution in [0.1, 0.15) is 24.8 Å². The van der Waals surface area contributed by atoms with Gasteiger partial charge < -0.3 is 20.1 Å². The molecule has 1 aromatic heterocycles. The number of aryl methyl sites for hydroxylation is 2. The molecule has 2 N–H and O–H groups in total. The Morgan fingerprint density at radius 2 is 1.09 bits per heavy atom. The molecule has 0 unspecified atom stereocenters. The topological polar surface area (TPSA) is 37.4 Å². The predicted octanol–water partition coefficient (Wildman–Crippen LogP) is 5.41. The summed E-state index contributed by atoms with van der Waals surface area (Å²) in [6.07, 6.45) is 4.86. The first-order valence-electron chi connectivity index (χ1n) is 12.5. The van der Waals surface area contributed by atoms with Crippen molar-refractivity contribution >= 4 is 27.5 Å². The first kappa shape index (κ1) is 22.0. The molecule has 1 aliphatic rings. The molecule has 0 atom stereocenters. The fourth-order valence-electron chi connectivity index (χ4n) is 5.28. The minimum absolute atomic E-state index is 0.852. The van der Waals surface area contributed by atoms with Crippen molar-refractivity contribution in [2.75, 3.05) is 45.0 Å². The van der Waals surface area contributed by atoms with Crippen LogP contribution in [0, 0.1) is 0 Å². The van der Waals surface area contributed by atoms with Gasteiger partial charge in [-0.25, -0.2) is 0 Å². The number of aromatic nitrogens is 1. The molecule has 33 heavy (non-hydrogen) atoms. The lowest BCUT2D eigenvalue weighted by Gasteiger charge is -2.34. The highest BCUT2D eigenvalue weighted by molar-refractivity contribution is 6.07. The third-order valence-corrected chi connectivity index (χ3v) is 7.17. The summed E-state index contributed by atoms with van der Waals surface area (Å²) in [6, 6.07) is 26.0. The Bertz CT molecular complexity index is 1120. The number of benzene rings is 3. The molecule has 0 bridgehead atoms. The maximum absolute atomic E-state index is 5.78. The van der Waals surface area contributed by atoms with Crippen LogP contribution in [0.5, 0.6) is 0 Å². The summed E-state index contributed by atoms with van der Waals surface area (Å²) in [6.45, 7) is 8.33. The molecular formula is C29H36N4. The van der Waals surface area contributed by atoms with Gasteiger partial charge in [0.25, 0.3) is 0 Å². The predicted molar refractivity (Wildman–Crippen MR) is 141 cm³/mol. The first-order valence-corrected chi connectivity index (χ1v) is 12.5. The molecule has 0 saturated carbocycles. The fourth-order valence-corrected chi connectivity index (χ4v) is 5.28. The van der Waals surface area contributed by atoms with Gasteiger partial charge in [0.2, 0.25) is 0 Å². The minimum atomic E-state index is 0.852. The number of para-hydroxylation sites is 2. The van der Waals surface area contributed by atoms with E-state index in [9.17, 15) is 0 Å². The zero-order valence-electron chi connectivity index (χ0n) is 19.6. The minimum Gasteiger partial charge on any atom is -0.399 e. The second-order valence-corrected chi connectivity index (χ2v) is 9.42. The largest absolute Gasteiger partial charge is 0.399 e. The zero-order chi connectivity index (χ0) is 22.5. The summed E-state index contributed by atoms with van der Waals surface area (Å²) in [4.78, 5) is 5.29. The molecule has 172 valence electrons. The highest BCUT2D eigenvalue weighted by Crippen LogP contribution is 2.29. The Morgan fingerprint density at radius 3 is 1.70 bits per heavy atom. The van der Waals surface area contributed by atoms with Crippen molar-refractivity contribution < 1.29 is 0 Å². The molecule has 5 rings (SSSR count). The van der Waals surface area contributed by atoms with E-state index in [1.807, 2.05) is 12.1 Å². The smallest absolute Gasteiger partial charge is 0.0491 e. The number of piperazine rings is 1. The molecule has 3 aromatic carbocycles. The number of unbranched alkanes of at least 4 members (excludes halogenated alkanes) is 1. The van der Waals surface area contributed by atoms with E-state index in [1.165, 1.54) is 85.9 Å². The van der Waals surface area contributed by atoms with Crippen molar-refractivity contribution in [1.29, 1.82) is 0 Å². The van der Waals surface area contributed by atoms with E-state index < -0.39 is 0 Å². The second-order valence-electron chi connectivity index (χ2n) is 9.42.